The molecule has 2 aliphatic rings. The molecule has 0 saturated carbocycles. The first-order chi connectivity index (χ1) is 9.74. The van der Waals surface area contributed by atoms with Gasteiger partial charge in [0.25, 0.3) is 5.91 Å². The van der Waals surface area contributed by atoms with Gasteiger partial charge in [-0.05, 0) is 17.7 Å². The average Bonchev–Trinajstić information content (AvgIpc) is 2.46. The van der Waals surface area contributed by atoms with E-state index in [-0.39, 0.29) is 17.6 Å². The second-order valence-corrected chi connectivity index (χ2v) is 5.31. The minimum Gasteiger partial charge on any atom is -0.271 e. The fraction of sp³-hybridized carbons (Fsp3) is 0.133. The number of thioether (sulfide) groups is 1. The molecule has 5 heteroatoms. The Kier molecular flexibility index (Phi) is 3.60. The minimum atomic E-state index is -0.363. The van der Waals surface area contributed by atoms with Crippen LogP contribution in [0.15, 0.2) is 58.6 Å². The van der Waals surface area contributed by atoms with E-state index in [4.69, 9.17) is 0 Å². The Morgan fingerprint density at radius 1 is 1.20 bits per heavy atom. The zero-order valence-electron chi connectivity index (χ0n) is 10.5. The van der Waals surface area contributed by atoms with E-state index in [1.54, 1.807) is 30.4 Å². The summed E-state index contributed by atoms with van der Waals surface area (Å²) in [6, 6.07) is 6.56. The molecule has 0 radical (unpaired) electrons. The molecule has 0 N–H and O–H groups in total. The highest BCUT2D eigenvalue weighted by Crippen LogP contribution is 2.23. The molecule has 100 valence electrons. The molecule has 1 aliphatic heterocycles. The Morgan fingerprint density at radius 2 is 2.05 bits per heavy atom. The summed E-state index contributed by atoms with van der Waals surface area (Å²) in [6.07, 6.45) is 7.24. The SMILES string of the molecule is O=C1N=C(SCc2ccccc2F)N=C2C=CC=CC12. The number of rotatable bonds is 2. The molecular formula is C15H11FN2OS. The summed E-state index contributed by atoms with van der Waals surface area (Å²) in [5.41, 5.74) is 1.28. The molecule has 1 aromatic carbocycles. The zero-order chi connectivity index (χ0) is 13.9. The molecule has 0 bridgehead atoms. The Labute approximate surface area is 120 Å². The molecule has 3 rings (SSSR count). The lowest BCUT2D eigenvalue weighted by Gasteiger charge is -2.17. The molecular weight excluding hydrogens is 275 g/mol. The van der Waals surface area contributed by atoms with Crippen LogP contribution in [0.25, 0.3) is 0 Å². The van der Waals surface area contributed by atoms with Crippen LogP contribution in [-0.2, 0) is 10.5 Å². The highest BCUT2D eigenvalue weighted by atomic mass is 32.2. The van der Waals surface area contributed by atoms with Crippen molar-refractivity contribution in [2.75, 3.05) is 0 Å². The third-order valence-electron chi connectivity index (χ3n) is 3.01. The Balaban J connectivity index is 1.74. The maximum atomic E-state index is 13.5. The summed E-state index contributed by atoms with van der Waals surface area (Å²) in [5, 5.41) is 0.393. The molecule has 3 nitrogen and oxygen atoms in total. The number of carbonyl (C=O) groups excluding carboxylic acids is 1. The number of aliphatic imine (C=N–C) groups is 2. The van der Waals surface area contributed by atoms with Crippen molar-refractivity contribution in [1.82, 2.24) is 0 Å². The van der Waals surface area contributed by atoms with Crippen molar-refractivity contribution in [3.8, 4) is 0 Å². The van der Waals surface area contributed by atoms with Crippen LogP contribution >= 0.6 is 11.8 Å². The fourth-order valence-corrected chi connectivity index (χ4v) is 2.81. The molecule has 0 saturated heterocycles. The van der Waals surface area contributed by atoms with Crippen LogP contribution < -0.4 is 0 Å². The van der Waals surface area contributed by atoms with E-state index in [2.05, 4.69) is 9.98 Å². The average molecular weight is 286 g/mol. The lowest BCUT2D eigenvalue weighted by molar-refractivity contribution is -0.118. The van der Waals surface area contributed by atoms with E-state index in [1.165, 1.54) is 17.8 Å². The fourth-order valence-electron chi connectivity index (χ4n) is 1.97. The second-order valence-electron chi connectivity index (χ2n) is 4.37. The molecule has 0 aromatic heterocycles. The molecule has 1 amide bonds. The standard InChI is InChI=1S/C15H11FN2OS/c16-12-7-3-1-5-10(12)9-20-15-17-13-8-4-2-6-11(13)14(19)18-15/h1-8,11H,9H2. The van der Waals surface area contributed by atoms with E-state index in [9.17, 15) is 9.18 Å². The number of amidine groups is 1. The van der Waals surface area contributed by atoms with Crippen molar-refractivity contribution >= 4 is 28.5 Å². The number of fused-ring (bicyclic) bond motifs is 1. The first-order valence-corrected chi connectivity index (χ1v) is 7.15. The maximum absolute atomic E-state index is 13.5. The summed E-state index contributed by atoms with van der Waals surface area (Å²) in [4.78, 5) is 20.2. The molecule has 1 aromatic rings. The predicted molar refractivity (Wildman–Crippen MR) is 79.3 cm³/mol. The topological polar surface area (TPSA) is 41.8 Å². The Morgan fingerprint density at radius 3 is 2.90 bits per heavy atom. The molecule has 1 aliphatic carbocycles. The first-order valence-electron chi connectivity index (χ1n) is 6.16. The van der Waals surface area contributed by atoms with Crippen LogP contribution in [0.3, 0.4) is 0 Å². The van der Waals surface area contributed by atoms with E-state index in [0.717, 1.165) is 0 Å². The van der Waals surface area contributed by atoms with Gasteiger partial charge in [-0.2, -0.15) is 4.99 Å². The van der Waals surface area contributed by atoms with Gasteiger partial charge in [0.1, 0.15) is 11.7 Å². The molecule has 20 heavy (non-hydrogen) atoms. The third-order valence-corrected chi connectivity index (χ3v) is 3.91. The van der Waals surface area contributed by atoms with Gasteiger partial charge in [0, 0.05) is 5.75 Å². The Bertz CT molecular complexity index is 676. The number of amides is 1. The number of carbonyl (C=O) groups is 1. The lowest BCUT2D eigenvalue weighted by Crippen LogP contribution is -2.26. The second kappa shape index (κ2) is 5.54. The zero-order valence-corrected chi connectivity index (χ0v) is 11.3. The lowest BCUT2D eigenvalue weighted by atomic mass is 9.97. The highest BCUT2D eigenvalue weighted by molar-refractivity contribution is 8.13. The van der Waals surface area contributed by atoms with Crippen LogP contribution in [-0.4, -0.2) is 16.8 Å². The van der Waals surface area contributed by atoms with Gasteiger partial charge in [-0.25, -0.2) is 9.38 Å². The monoisotopic (exact) mass is 286 g/mol. The number of halogens is 1. The number of allylic oxidation sites excluding steroid dienone is 3. The van der Waals surface area contributed by atoms with E-state index >= 15 is 0 Å². The number of hydrogen-bond donors (Lipinski definition) is 0. The van der Waals surface area contributed by atoms with Crippen LogP contribution in [0.4, 0.5) is 4.39 Å². The molecule has 1 unspecified atom stereocenters. The van der Waals surface area contributed by atoms with Crippen molar-refractivity contribution in [2.24, 2.45) is 15.9 Å². The Hall–Kier alpha value is -2.01. The molecule has 0 fully saturated rings. The van der Waals surface area contributed by atoms with Gasteiger partial charge in [-0.15, -0.1) is 0 Å². The van der Waals surface area contributed by atoms with Crippen molar-refractivity contribution < 1.29 is 9.18 Å². The van der Waals surface area contributed by atoms with Gasteiger partial charge < -0.3 is 0 Å². The number of nitrogens with zero attached hydrogens (tertiary/aromatic N) is 2. The number of benzene rings is 1. The van der Waals surface area contributed by atoms with Crippen LogP contribution in [0, 0.1) is 11.7 Å². The van der Waals surface area contributed by atoms with E-state index in [1.807, 2.05) is 12.2 Å². The van der Waals surface area contributed by atoms with Gasteiger partial charge in [0.15, 0.2) is 5.17 Å². The molecule has 1 atom stereocenters. The van der Waals surface area contributed by atoms with Crippen molar-refractivity contribution in [3.05, 3.63) is 60.0 Å². The normalized spacial score (nSPS) is 20.4. The van der Waals surface area contributed by atoms with Gasteiger partial charge in [0.2, 0.25) is 0 Å². The summed E-state index contributed by atoms with van der Waals surface area (Å²) < 4.78 is 13.5. The van der Waals surface area contributed by atoms with Crippen molar-refractivity contribution in [2.45, 2.75) is 5.75 Å². The van der Waals surface area contributed by atoms with E-state index < -0.39 is 0 Å². The smallest absolute Gasteiger partial charge is 0.261 e. The largest absolute Gasteiger partial charge is 0.271 e. The minimum absolute atomic E-state index is 0.216. The van der Waals surface area contributed by atoms with Gasteiger partial charge in [0.05, 0.1) is 5.71 Å². The summed E-state index contributed by atoms with van der Waals surface area (Å²) in [7, 11) is 0. The molecule has 0 spiro atoms. The van der Waals surface area contributed by atoms with Crippen LogP contribution in [0.2, 0.25) is 0 Å². The van der Waals surface area contributed by atoms with Crippen LogP contribution in [0.1, 0.15) is 5.56 Å². The van der Waals surface area contributed by atoms with Gasteiger partial charge in [-0.1, -0.05) is 48.2 Å². The quantitative estimate of drug-likeness (QED) is 0.838. The van der Waals surface area contributed by atoms with Gasteiger partial charge >= 0.3 is 0 Å². The number of hydrogen-bond acceptors (Lipinski definition) is 3. The molecule has 1 heterocycles. The first kappa shape index (κ1) is 13.0. The van der Waals surface area contributed by atoms with Crippen LogP contribution in [0.5, 0.6) is 0 Å². The summed E-state index contributed by atoms with van der Waals surface area (Å²) in [5.74, 6) is -0.432. The summed E-state index contributed by atoms with van der Waals surface area (Å²) in [6.45, 7) is 0. The van der Waals surface area contributed by atoms with Crippen molar-refractivity contribution in [1.29, 1.82) is 0 Å². The highest BCUT2D eigenvalue weighted by Gasteiger charge is 2.26. The van der Waals surface area contributed by atoms with Gasteiger partial charge in [-0.3, -0.25) is 4.79 Å². The third kappa shape index (κ3) is 2.63. The maximum Gasteiger partial charge on any atom is 0.261 e. The van der Waals surface area contributed by atoms with Crippen molar-refractivity contribution in [3.63, 3.8) is 0 Å². The predicted octanol–water partition coefficient (Wildman–Crippen LogP) is 3.14. The summed E-state index contributed by atoms with van der Waals surface area (Å²) >= 11 is 1.27. The van der Waals surface area contributed by atoms with E-state index in [0.29, 0.717) is 22.2 Å².